The largest absolute Gasteiger partial charge is 0.493 e. The molecule has 0 bridgehead atoms. The van der Waals surface area contributed by atoms with Crippen molar-refractivity contribution in [3.8, 4) is 23.2 Å². The first-order chi connectivity index (χ1) is 15.4. The fourth-order valence-electron chi connectivity index (χ4n) is 3.81. The monoisotopic (exact) mass is 437 g/mol. The van der Waals surface area contributed by atoms with Crippen LogP contribution in [0.15, 0.2) is 30.3 Å². The van der Waals surface area contributed by atoms with Crippen molar-refractivity contribution in [3.63, 3.8) is 0 Å². The SMILES string of the molecule is COc1ccc(-n2nc(C)c3c2NC(=O)CC3c2ccc(OCC(C)C)c(OC)c2)nn1. The second kappa shape index (κ2) is 8.86. The molecule has 1 N–H and O–H groups in total. The zero-order valence-electron chi connectivity index (χ0n) is 18.9. The Labute approximate surface area is 186 Å². The molecule has 1 atom stereocenters. The Hall–Kier alpha value is -3.62. The number of benzene rings is 1. The van der Waals surface area contributed by atoms with Crippen molar-refractivity contribution in [3.05, 3.63) is 47.2 Å². The summed E-state index contributed by atoms with van der Waals surface area (Å²) in [6.07, 6.45) is 0.309. The van der Waals surface area contributed by atoms with Crippen LogP contribution in [-0.2, 0) is 4.79 Å². The van der Waals surface area contributed by atoms with E-state index in [4.69, 9.17) is 14.2 Å². The molecule has 1 amide bonds. The molecule has 1 aromatic carbocycles. The van der Waals surface area contributed by atoms with Gasteiger partial charge in [-0.05, 0) is 36.6 Å². The number of aryl methyl sites for hydroxylation is 1. The topological polar surface area (TPSA) is 100 Å². The number of hydrogen-bond donors (Lipinski definition) is 1. The summed E-state index contributed by atoms with van der Waals surface area (Å²) in [5.74, 6) is 2.95. The first kappa shape index (κ1) is 21.6. The highest BCUT2D eigenvalue weighted by molar-refractivity contribution is 5.95. The van der Waals surface area contributed by atoms with Crippen molar-refractivity contribution in [1.29, 1.82) is 0 Å². The van der Waals surface area contributed by atoms with Crippen molar-refractivity contribution in [1.82, 2.24) is 20.0 Å². The first-order valence-corrected chi connectivity index (χ1v) is 10.5. The number of nitrogens with zero attached hydrogens (tertiary/aromatic N) is 4. The maximum atomic E-state index is 12.6. The van der Waals surface area contributed by atoms with Gasteiger partial charge in [-0.1, -0.05) is 19.9 Å². The minimum Gasteiger partial charge on any atom is -0.493 e. The fraction of sp³-hybridized carbons (Fsp3) is 0.391. The summed E-state index contributed by atoms with van der Waals surface area (Å²) in [5, 5.41) is 15.8. The third-order valence-corrected chi connectivity index (χ3v) is 5.32. The number of anilines is 1. The molecule has 0 saturated heterocycles. The number of methoxy groups -OCH3 is 2. The van der Waals surface area contributed by atoms with Crippen LogP contribution in [0.2, 0.25) is 0 Å². The molecular formula is C23H27N5O4. The zero-order valence-corrected chi connectivity index (χ0v) is 18.9. The first-order valence-electron chi connectivity index (χ1n) is 10.5. The molecule has 3 aromatic rings. The smallest absolute Gasteiger partial charge is 0.233 e. The average molecular weight is 438 g/mol. The number of fused-ring (bicyclic) bond motifs is 1. The molecule has 0 fully saturated rings. The summed E-state index contributed by atoms with van der Waals surface area (Å²) in [6, 6.07) is 9.27. The number of aromatic nitrogens is 4. The molecule has 168 valence electrons. The number of nitrogens with one attached hydrogen (secondary N) is 1. The third kappa shape index (κ3) is 4.10. The summed E-state index contributed by atoms with van der Waals surface area (Å²) in [4.78, 5) is 12.6. The molecule has 32 heavy (non-hydrogen) atoms. The lowest BCUT2D eigenvalue weighted by Gasteiger charge is -2.25. The van der Waals surface area contributed by atoms with Crippen LogP contribution in [-0.4, -0.2) is 46.7 Å². The van der Waals surface area contributed by atoms with Crippen LogP contribution < -0.4 is 19.5 Å². The molecule has 0 radical (unpaired) electrons. The lowest BCUT2D eigenvalue weighted by Crippen LogP contribution is -2.25. The number of rotatable bonds is 7. The van der Waals surface area contributed by atoms with E-state index in [1.807, 2.05) is 25.1 Å². The van der Waals surface area contributed by atoms with Gasteiger partial charge in [0.25, 0.3) is 0 Å². The summed E-state index contributed by atoms with van der Waals surface area (Å²) in [7, 11) is 3.15. The molecule has 9 heteroatoms. The summed E-state index contributed by atoms with van der Waals surface area (Å²) >= 11 is 0. The minimum atomic E-state index is -0.174. The Bertz CT molecular complexity index is 1120. The van der Waals surface area contributed by atoms with Crippen LogP contribution in [0.25, 0.3) is 5.82 Å². The van der Waals surface area contributed by atoms with Crippen molar-refractivity contribution < 1.29 is 19.0 Å². The van der Waals surface area contributed by atoms with Crippen molar-refractivity contribution >= 4 is 11.7 Å². The van der Waals surface area contributed by atoms with Crippen LogP contribution in [0.3, 0.4) is 0 Å². The number of carbonyl (C=O) groups is 1. The maximum absolute atomic E-state index is 12.6. The van der Waals surface area contributed by atoms with Gasteiger partial charge in [0.2, 0.25) is 11.8 Å². The molecule has 1 aliphatic heterocycles. The molecule has 1 aliphatic rings. The van der Waals surface area contributed by atoms with E-state index < -0.39 is 0 Å². The minimum absolute atomic E-state index is 0.0933. The highest BCUT2D eigenvalue weighted by atomic mass is 16.5. The summed E-state index contributed by atoms with van der Waals surface area (Å²) in [5.41, 5.74) is 2.71. The molecule has 1 unspecified atom stereocenters. The van der Waals surface area contributed by atoms with E-state index in [0.717, 1.165) is 16.8 Å². The standard InChI is InChI=1S/C23H27N5O4/c1-13(2)12-32-17-7-6-15(10-18(17)30-4)16-11-20(29)24-23-22(16)14(3)27-28(23)19-8-9-21(31-5)26-25-19/h6-10,13,16H,11-12H2,1-5H3,(H,24,29). The van der Waals surface area contributed by atoms with Gasteiger partial charge in [-0.25, -0.2) is 0 Å². The van der Waals surface area contributed by atoms with Gasteiger partial charge in [0, 0.05) is 24.0 Å². The number of amides is 1. The Morgan fingerprint density at radius 3 is 2.59 bits per heavy atom. The third-order valence-electron chi connectivity index (χ3n) is 5.32. The van der Waals surface area contributed by atoms with Gasteiger partial charge in [0.05, 0.1) is 26.5 Å². The molecule has 2 aromatic heterocycles. The Kier molecular flexibility index (Phi) is 5.98. The van der Waals surface area contributed by atoms with Gasteiger partial charge < -0.3 is 19.5 Å². The lowest BCUT2D eigenvalue weighted by atomic mass is 9.85. The van der Waals surface area contributed by atoms with Crippen LogP contribution in [0.5, 0.6) is 17.4 Å². The van der Waals surface area contributed by atoms with Gasteiger partial charge in [0.1, 0.15) is 5.82 Å². The number of ether oxygens (including phenoxy) is 3. The van der Waals surface area contributed by atoms with Gasteiger partial charge in [-0.3, -0.25) is 4.79 Å². The highest BCUT2D eigenvalue weighted by Gasteiger charge is 2.33. The quantitative estimate of drug-likeness (QED) is 0.604. The van der Waals surface area contributed by atoms with E-state index in [1.54, 1.807) is 23.9 Å². The molecule has 9 nitrogen and oxygen atoms in total. The van der Waals surface area contributed by atoms with Gasteiger partial charge >= 0.3 is 0 Å². The second-order valence-electron chi connectivity index (χ2n) is 8.11. The lowest BCUT2D eigenvalue weighted by molar-refractivity contribution is -0.116. The van der Waals surface area contributed by atoms with Crippen molar-refractivity contribution in [2.45, 2.75) is 33.1 Å². The summed E-state index contributed by atoms with van der Waals surface area (Å²) < 4.78 is 18.1. The van der Waals surface area contributed by atoms with Crippen LogP contribution in [0, 0.1) is 12.8 Å². The van der Waals surface area contributed by atoms with Crippen LogP contribution in [0.4, 0.5) is 5.82 Å². The van der Waals surface area contributed by atoms with Gasteiger partial charge in [-0.2, -0.15) is 9.78 Å². The molecule has 0 aliphatic carbocycles. The maximum Gasteiger partial charge on any atom is 0.233 e. The van der Waals surface area contributed by atoms with Gasteiger partial charge in [-0.15, -0.1) is 10.2 Å². The predicted molar refractivity (Wildman–Crippen MR) is 119 cm³/mol. The normalized spacial score (nSPS) is 15.3. The Morgan fingerprint density at radius 2 is 1.94 bits per heavy atom. The second-order valence-corrected chi connectivity index (χ2v) is 8.11. The van der Waals surface area contributed by atoms with Crippen molar-refractivity contribution in [2.24, 2.45) is 5.92 Å². The van der Waals surface area contributed by atoms with E-state index >= 15 is 0 Å². The zero-order chi connectivity index (χ0) is 22.8. The highest BCUT2D eigenvalue weighted by Crippen LogP contribution is 2.42. The average Bonchev–Trinajstić information content (AvgIpc) is 3.13. The predicted octanol–water partition coefficient (Wildman–Crippen LogP) is 3.50. The Balaban J connectivity index is 1.74. The van der Waals surface area contributed by atoms with E-state index in [0.29, 0.717) is 48.0 Å². The van der Waals surface area contributed by atoms with E-state index in [9.17, 15) is 4.79 Å². The van der Waals surface area contributed by atoms with E-state index in [-0.39, 0.29) is 11.8 Å². The number of carbonyl (C=O) groups excluding carboxylic acids is 1. The molecule has 4 rings (SSSR count). The molecular weight excluding hydrogens is 410 g/mol. The molecule has 0 spiro atoms. The fourth-order valence-corrected chi connectivity index (χ4v) is 3.81. The summed E-state index contributed by atoms with van der Waals surface area (Å²) in [6.45, 7) is 6.71. The van der Waals surface area contributed by atoms with Crippen LogP contribution >= 0.6 is 0 Å². The number of hydrogen-bond acceptors (Lipinski definition) is 7. The van der Waals surface area contributed by atoms with E-state index in [1.165, 1.54) is 7.11 Å². The van der Waals surface area contributed by atoms with Crippen LogP contribution in [0.1, 0.15) is 43.0 Å². The van der Waals surface area contributed by atoms with Gasteiger partial charge in [0.15, 0.2) is 17.3 Å². The van der Waals surface area contributed by atoms with Crippen molar-refractivity contribution in [2.75, 3.05) is 26.1 Å². The van der Waals surface area contributed by atoms with E-state index in [2.05, 4.69) is 34.5 Å². The molecule has 0 saturated carbocycles. The Morgan fingerprint density at radius 1 is 1.12 bits per heavy atom. The molecule has 3 heterocycles.